The zero-order valence-electron chi connectivity index (χ0n) is 20.7. The van der Waals surface area contributed by atoms with Crippen molar-refractivity contribution in [1.29, 1.82) is 0 Å². The predicted molar refractivity (Wildman–Crippen MR) is 134 cm³/mol. The van der Waals surface area contributed by atoms with E-state index in [4.69, 9.17) is 4.74 Å². The van der Waals surface area contributed by atoms with Gasteiger partial charge in [-0.1, -0.05) is 24.3 Å². The van der Waals surface area contributed by atoms with Crippen LogP contribution in [0.25, 0.3) is 10.8 Å². The number of nitrogens with one attached hydrogen (secondary N) is 3. The van der Waals surface area contributed by atoms with E-state index < -0.39 is 17.8 Å². The molecule has 0 saturated heterocycles. The molecule has 1 fully saturated rings. The second-order valence-electron chi connectivity index (χ2n) is 10.3. The third-order valence-electron chi connectivity index (χ3n) is 6.18. The number of hydrogen-bond acceptors (Lipinski definition) is 5. The Balaban J connectivity index is 1.38. The average molecular weight is 495 g/mol. The van der Waals surface area contributed by atoms with Crippen LogP contribution in [0.4, 0.5) is 9.18 Å². The number of rotatable bonds is 5. The molecular weight excluding hydrogens is 463 g/mol. The highest BCUT2D eigenvalue weighted by molar-refractivity contribution is 5.95. The Hall–Kier alpha value is -3.75. The minimum atomic E-state index is -0.605. The summed E-state index contributed by atoms with van der Waals surface area (Å²) in [4.78, 5) is 36.9. The molecular formula is C27H31FN4O4. The summed E-state index contributed by atoms with van der Waals surface area (Å²) < 4.78 is 20.1. The van der Waals surface area contributed by atoms with Gasteiger partial charge in [0.2, 0.25) is 0 Å². The Bertz CT molecular complexity index is 1320. The van der Waals surface area contributed by atoms with Crippen LogP contribution in [0.1, 0.15) is 68.1 Å². The Kier molecular flexibility index (Phi) is 7.37. The summed E-state index contributed by atoms with van der Waals surface area (Å²) in [5, 5.41) is 13.6. The molecule has 3 N–H and O–H groups in total. The Morgan fingerprint density at radius 2 is 1.78 bits per heavy atom. The highest BCUT2D eigenvalue weighted by atomic mass is 19.1. The molecule has 36 heavy (non-hydrogen) atoms. The van der Waals surface area contributed by atoms with Crippen molar-refractivity contribution in [2.24, 2.45) is 0 Å². The lowest BCUT2D eigenvalue weighted by Crippen LogP contribution is -2.44. The van der Waals surface area contributed by atoms with Gasteiger partial charge in [0, 0.05) is 23.4 Å². The van der Waals surface area contributed by atoms with Crippen LogP contribution in [0.5, 0.6) is 0 Å². The SMILES string of the molecule is CC(C)(C)NC(=O)OC1CCC(NC(=O)c2cc(Cc3n[nH]c(=O)c4ccccc34)ccc2F)CC1. The average Bonchev–Trinajstić information content (AvgIpc) is 2.82. The number of fused-ring (bicyclic) bond motifs is 1. The van der Waals surface area contributed by atoms with Gasteiger partial charge in [-0.2, -0.15) is 5.10 Å². The Morgan fingerprint density at radius 3 is 2.47 bits per heavy atom. The first-order valence-corrected chi connectivity index (χ1v) is 12.1. The number of amides is 2. The number of carbonyl (C=O) groups excluding carboxylic acids is 2. The van der Waals surface area contributed by atoms with Crippen molar-refractivity contribution in [2.75, 3.05) is 0 Å². The van der Waals surface area contributed by atoms with Crippen molar-refractivity contribution in [1.82, 2.24) is 20.8 Å². The number of aromatic amines is 1. The van der Waals surface area contributed by atoms with Gasteiger partial charge in [0.1, 0.15) is 11.9 Å². The molecule has 0 unspecified atom stereocenters. The molecule has 1 aliphatic carbocycles. The van der Waals surface area contributed by atoms with E-state index in [-0.39, 0.29) is 28.8 Å². The molecule has 1 aromatic heterocycles. The van der Waals surface area contributed by atoms with Crippen LogP contribution in [0.15, 0.2) is 47.3 Å². The zero-order valence-corrected chi connectivity index (χ0v) is 20.7. The van der Waals surface area contributed by atoms with Gasteiger partial charge in [-0.3, -0.25) is 9.59 Å². The normalized spacial score (nSPS) is 18.0. The fourth-order valence-electron chi connectivity index (χ4n) is 4.43. The number of nitrogens with zero attached hydrogens (tertiary/aromatic N) is 1. The van der Waals surface area contributed by atoms with Crippen LogP contribution in [-0.4, -0.2) is 39.9 Å². The standard InChI is InChI=1S/C27H31FN4O4/c1-27(2,3)30-26(35)36-18-11-9-17(10-12-18)29-24(33)21-14-16(8-13-22(21)28)15-23-19-6-4-5-7-20(19)25(34)32-31-23/h4-8,13-14,17-18H,9-12,15H2,1-3H3,(H,29,33)(H,30,35)(H,32,34). The maximum atomic E-state index is 14.6. The Morgan fingerprint density at radius 1 is 1.08 bits per heavy atom. The molecule has 1 saturated carbocycles. The van der Waals surface area contributed by atoms with Crippen LogP contribution in [0.2, 0.25) is 0 Å². The largest absolute Gasteiger partial charge is 0.446 e. The number of H-pyrrole nitrogens is 1. The topological polar surface area (TPSA) is 113 Å². The highest BCUT2D eigenvalue weighted by Gasteiger charge is 2.27. The van der Waals surface area contributed by atoms with Crippen molar-refractivity contribution >= 4 is 22.8 Å². The van der Waals surface area contributed by atoms with Crippen molar-refractivity contribution in [2.45, 2.75) is 70.6 Å². The van der Waals surface area contributed by atoms with Gasteiger partial charge >= 0.3 is 6.09 Å². The van der Waals surface area contributed by atoms with Crippen LogP contribution >= 0.6 is 0 Å². The summed E-state index contributed by atoms with van der Waals surface area (Å²) in [6, 6.07) is 11.4. The molecule has 0 atom stereocenters. The summed E-state index contributed by atoms with van der Waals surface area (Å²) in [7, 11) is 0. The minimum Gasteiger partial charge on any atom is -0.446 e. The lowest BCUT2D eigenvalue weighted by molar-refractivity contribution is 0.0615. The number of halogens is 1. The number of benzene rings is 2. The second kappa shape index (κ2) is 10.5. The maximum Gasteiger partial charge on any atom is 0.407 e. The van der Waals surface area contributed by atoms with Gasteiger partial charge in [0.05, 0.1) is 16.6 Å². The molecule has 0 radical (unpaired) electrons. The fourth-order valence-corrected chi connectivity index (χ4v) is 4.43. The first-order valence-electron chi connectivity index (χ1n) is 12.1. The monoisotopic (exact) mass is 494 g/mol. The summed E-state index contributed by atoms with van der Waals surface area (Å²) in [6.07, 6.45) is 2.18. The van der Waals surface area contributed by atoms with Crippen molar-refractivity contribution in [3.8, 4) is 0 Å². The number of aromatic nitrogens is 2. The zero-order chi connectivity index (χ0) is 25.9. The summed E-state index contributed by atoms with van der Waals surface area (Å²) in [6.45, 7) is 5.65. The number of hydrogen-bond donors (Lipinski definition) is 3. The molecule has 3 aromatic rings. The maximum absolute atomic E-state index is 14.6. The van der Waals surface area contributed by atoms with Gasteiger partial charge in [-0.25, -0.2) is 14.3 Å². The van der Waals surface area contributed by atoms with E-state index in [1.807, 2.05) is 32.9 Å². The number of ether oxygens (including phenoxy) is 1. The molecule has 1 heterocycles. The molecule has 2 aromatic carbocycles. The van der Waals surface area contributed by atoms with E-state index in [1.54, 1.807) is 18.2 Å². The Labute approximate surface area is 208 Å². The van der Waals surface area contributed by atoms with E-state index in [1.165, 1.54) is 12.1 Å². The molecule has 9 heteroatoms. The van der Waals surface area contributed by atoms with Crippen LogP contribution in [-0.2, 0) is 11.2 Å². The first-order chi connectivity index (χ1) is 17.1. The van der Waals surface area contributed by atoms with Crippen LogP contribution < -0.4 is 16.2 Å². The van der Waals surface area contributed by atoms with E-state index in [0.29, 0.717) is 54.1 Å². The fraction of sp³-hybridized carbons (Fsp3) is 0.407. The summed E-state index contributed by atoms with van der Waals surface area (Å²) >= 11 is 0. The van der Waals surface area contributed by atoms with Crippen LogP contribution in [0.3, 0.4) is 0 Å². The lowest BCUT2D eigenvalue weighted by atomic mass is 9.92. The molecule has 0 spiro atoms. The quantitative estimate of drug-likeness (QED) is 0.492. The molecule has 8 nitrogen and oxygen atoms in total. The third-order valence-corrected chi connectivity index (χ3v) is 6.18. The molecule has 190 valence electrons. The highest BCUT2D eigenvalue weighted by Crippen LogP contribution is 2.23. The molecule has 2 amide bonds. The summed E-state index contributed by atoms with van der Waals surface area (Å²) in [5.41, 5.74) is 0.653. The van der Waals surface area contributed by atoms with Gasteiger partial charge in [0.15, 0.2) is 0 Å². The molecule has 4 rings (SSSR count). The van der Waals surface area contributed by atoms with Gasteiger partial charge in [-0.15, -0.1) is 0 Å². The predicted octanol–water partition coefficient (Wildman–Crippen LogP) is 4.22. The van der Waals surface area contributed by atoms with E-state index in [0.717, 1.165) is 0 Å². The van der Waals surface area contributed by atoms with E-state index in [2.05, 4.69) is 20.8 Å². The van der Waals surface area contributed by atoms with Crippen molar-refractivity contribution < 1.29 is 18.7 Å². The van der Waals surface area contributed by atoms with Gasteiger partial charge in [-0.05, 0) is 70.2 Å². The molecule has 0 aliphatic heterocycles. The van der Waals surface area contributed by atoms with Gasteiger partial charge < -0.3 is 15.4 Å². The van der Waals surface area contributed by atoms with Crippen molar-refractivity contribution in [3.63, 3.8) is 0 Å². The van der Waals surface area contributed by atoms with Gasteiger partial charge in [0.25, 0.3) is 11.5 Å². The lowest BCUT2D eigenvalue weighted by Gasteiger charge is -2.30. The summed E-state index contributed by atoms with van der Waals surface area (Å²) in [5.74, 6) is -1.09. The molecule has 0 bridgehead atoms. The number of carbonyl (C=O) groups is 2. The molecule has 1 aliphatic rings. The van der Waals surface area contributed by atoms with E-state index in [9.17, 15) is 18.8 Å². The van der Waals surface area contributed by atoms with E-state index >= 15 is 0 Å². The minimum absolute atomic E-state index is 0.0378. The number of alkyl carbamates (subject to hydrolysis) is 1. The smallest absolute Gasteiger partial charge is 0.407 e. The third kappa shape index (κ3) is 6.27. The first kappa shape index (κ1) is 25.3. The van der Waals surface area contributed by atoms with Crippen LogP contribution in [0, 0.1) is 5.82 Å². The van der Waals surface area contributed by atoms with Crippen molar-refractivity contribution in [3.05, 3.63) is 75.5 Å². The second-order valence-corrected chi connectivity index (χ2v) is 10.3.